The van der Waals surface area contributed by atoms with E-state index < -0.39 is 21.0 Å². The molecule has 1 unspecified atom stereocenters. The van der Waals surface area contributed by atoms with E-state index in [0.29, 0.717) is 5.89 Å². The molecular formula is C17H16N4O5S. The zero-order valence-electron chi connectivity index (χ0n) is 14.3. The lowest BCUT2D eigenvalue weighted by atomic mass is 10.1. The molecule has 1 N–H and O–H groups in total. The highest BCUT2D eigenvalue weighted by Gasteiger charge is 2.26. The molecule has 9 nitrogen and oxygen atoms in total. The minimum absolute atomic E-state index is 0.116. The van der Waals surface area contributed by atoms with Gasteiger partial charge in [-0.05, 0) is 18.1 Å². The highest BCUT2D eigenvalue weighted by molar-refractivity contribution is 7.89. The van der Waals surface area contributed by atoms with Crippen LogP contribution in [0.4, 0.5) is 5.69 Å². The van der Waals surface area contributed by atoms with Crippen LogP contribution in [0.25, 0.3) is 0 Å². The van der Waals surface area contributed by atoms with E-state index in [4.69, 9.17) is 4.42 Å². The van der Waals surface area contributed by atoms with Crippen LogP contribution in [-0.4, -0.2) is 23.5 Å². The van der Waals surface area contributed by atoms with Crippen LogP contribution in [0.2, 0.25) is 0 Å². The van der Waals surface area contributed by atoms with Crippen molar-refractivity contribution in [2.45, 2.75) is 24.3 Å². The van der Waals surface area contributed by atoms with Crippen molar-refractivity contribution < 1.29 is 17.8 Å². The fourth-order valence-corrected chi connectivity index (χ4v) is 3.73. The lowest BCUT2D eigenvalue weighted by Crippen LogP contribution is -2.30. The standard InChI is InChI=1S/C17H16N4O5S/c1-12-18-19-17(26-12)16(10-13-6-3-2-4-7-13)20-27(24,25)15-9-5-8-14(11-15)21(22)23/h2-9,11,16,20H,10H2,1H3. The number of nitro benzene ring substituents is 1. The molecule has 140 valence electrons. The summed E-state index contributed by atoms with van der Waals surface area (Å²) in [4.78, 5) is 10.1. The van der Waals surface area contributed by atoms with Crippen molar-refractivity contribution in [2.24, 2.45) is 0 Å². The van der Waals surface area contributed by atoms with Gasteiger partial charge in [0.2, 0.25) is 21.8 Å². The molecule has 3 rings (SSSR count). The van der Waals surface area contributed by atoms with Gasteiger partial charge in [0, 0.05) is 19.1 Å². The molecule has 2 aromatic carbocycles. The topological polar surface area (TPSA) is 128 Å². The molecule has 1 atom stereocenters. The Morgan fingerprint density at radius 3 is 2.52 bits per heavy atom. The second-order valence-electron chi connectivity index (χ2n) is 5.78. The van der Waals surface area contributed by atoms with Crippen LogP contribution in [0.5, 0.6) is 0 Å². The van der Waals surface area contributed by atoms with E-state index in [2.05, 4.69) is 14.9 Å². The summed E-state index contributed by atoms with van der Waals surface area (Å²) >= 11 is 0. The summed E-state index contributed by atoms with van der Waals surface area (Å²) in [5.41, 5.74) is 0.547. The second-order valence-corrected chi connectivity index (χ2v) is 7.49. The fourth-order valence-electron chi connectivity index (χ4n) is 2.50. The summed E-state index contributed by atoms with van der Waals surface area (Å²) in [6, 6.07) is 13.2. The van der Waals surface area contributed by atoms with Crippen LogP contribution in [0.3, 0.4) is 0 Å². The molecule has 0 bridgehead atoms. The first-order valence-electron chi connectivity index (χ1n) is 7.96. The molecule has 0 spiro atoms. The van der Waals surface area contributed by atoms with E-state index in [9.17, 15) is 18.5 Å². The Morgan fingerprint density at radius 1 is 1.15 bits per heavy atom. The van der Waals surface area contributed by atoms with Crippen LogP contribution >= 0.6 is 0 Å². The fraction of sp³-hybridized carbons (Fsp3) is 0.176. The van der Waals surface area contributed by atoms with Crippen molar-refractivity contribution >= 4 is 15.7 Å². The number of hydrogen-bond acceptors (Lipinski definition) is 7. The molecule has 0 aliphatic carbocycles. The molecule has 1 aromatic heterocycles. The van der Waals surface area contributed by atoms with Gasteiger partial charge in [0.05, 0.1) is 9.82 Å². The van der Waals surface area contributed by atoms with Gasteiger partial charge >= 0.3 is 0 Å². The zero-order valence-corrected chi connectivity index (χ0v) is 15.1. The van der Waals surface area contributed by atoms with Gasteiger partial charge in [0.1, 0.15) is 6.04 Å². The Balaban J connectivity index is 1.93. The van der Waals surface area contributed by atoms with Crippen LogP contribution in [-0.2, 0) is 16.4 Å². The summed E-state index contributed by atoms with van der Waals surface area (Å²) < 4.78 is 33.4. The van der Waals surface area contributed by atoms with Crippen molar-refractivity contribution in [3.05, 3.63) is 82.1 Å². The maximum atomic E-state index is 12.8. The van der Waals surface area contributed by atoms with E-state index in [1.807, 2.05) is 30.3 Å². The number of hydrogen-bond donors (Lipinski definition) is 1. The van der Waals surface area contributed by atoms with E-state index in [-0.39, 0.29) is 22.9 Å². The number of aryl methyl sites for hydroxylation is 1. The molecule has 0 saturated heterocycles. The maximum Gasteiger partial charge on any atom is 0.270 e. The Hall–Kier alpha value is -3.11. The minimum Gasteiger partial charge on any atom is -0.424 e. The maximum absolute atomic E-state index is 12.8. The number of benzene rings is 2. The van der Waals surface area contributed by atoms with Crippen molar-refractivity contribution in [1.29, 1.82) is 0 Å². The monoisotopic (exact) mass is 388 g/mol. The van der Waals surface area contributed by atoms with Gasteiger partial charge in [-0.1, -0.05) is 36.4 Å². The largest absolute Gasteiger partial charge is 0.424 e. The molecule has 0 fully saturated rings. The van der Waals surface area contributed by atoms with Gasteiger partial charge in [0.25, 0.3) is 5.69 Å². The number of nitro groups is 1. The zero-order chi connectivity index (χ0) is 19.4. The Bertz CT molecular complexity index is 1050. The molecule has 3 aromatic rings. The molecular weight excluding hydrogens is 372 g/mol. The van der Waals surface area contributed by atoms with Crippen LogP contribution in [0.15, 0.2) is 63.9 Å². The van der Waals surface area contributed by atoms with Gasteiger partial charge in [-0.15, -0.1) is 10.2 Å². The Morgan fingerprint density at radius 2 is 1.89 bits per heavy atom. The molecule has 0 radical (unpaired) electrons. The summed E-state index contributed by atoms with van der Waals surface area (Å²) in [6.07, 6.45) is 0.274. The van der Waals surface area contributed by atoms with Crippen LogP contribution < -0.4 is 4.72 Å². The molecule has 1 heterocycles. The van der Waals surface area contributed by atoms with Gasteiger partial charge in [-0.2, -0.15) is 4.72 Å². The number of non-ortho nitro benzene ring substituents is 1. The molecule has 0 saturated carbocycles. The van der Waals surface area contributed by atoms with E-state index in [1.54, 1.807) is 6.92 Å². The lowest BCUT2D eigenvalue weighted by Gasteiger charge is -2.15. The average molecular weight is 388 g/mol. The number of nitrogens with zero attached hydrogens (tertiary/aromatic N) is 3. The summed E-state index contributed by atoms with van der Waals surface area (Å²) in [6.45, 7) is 1.60. The Labute approximate surface area is 155 Å². The van der Waals surface area contributed by atoms with Gasteiger partial charge < -0.3 is 4.42 Å². The lowest BCUT2D eigenvalue weighted by molar-refractivity contribution is -0.385. The second kappa shape index (κ2) is 7.64. The number of nitrogens with one attached hydrogen (secondary N) is 1. The minimum atomic E-state index is -4.06. The third kappa shape index (κ3) is 4.54. The number of aromatic nitrogens is 2. The van der Waals surface area contributed by atoms with Crippen molar-refractivity contribution in [2.75, 3.05) is 0 Å². The van der Waals surface area contributed by atoms with Gasteiger partial charge in [-0.25, -0.2) is 8.42 Å². The predicted molar refractivity (Wildman–Crippen MR) is 95.3 cm³/mol. The third-order valence-electron chi connectivity index (χ3n) is 3.76. The van der Waals surface area contributed by atoms with Crippen LogP contribution in [0, 0.1) is 17.0 Å². The SMILES string of the molecule is Cc1nnc(C(Cc2ccccc2)NS(=O)(=O)c2cccc([N+](=O)[O-])c2)o1. The normalized spacial score (nSPS) is 12.6. The first-order valence-corrected chi connectivity index (χ1v) is 9.44. The van der Waals surface area contributed by atoms with Crippen molar-refractivity contribution in [3.8, 4) is 0 Å². The third-order valence-corrected chi connectivity index (χ3v) is 5.23. The highest BCUT2D eigenvalue weighted by Crippen LogP contribution is 2.23. The van der Waals surface area contributed by atoms with E-state index in [1.165, 1.54) is 18.2 Å². The van der Waals surface area contributed by atoms with Crippen molar-refractivity contribution in [1.82, 2.24) is 14.9 Å². The summed E-state index contributed by atoms with van der Waals surface area (Å²) in [7, 11) is -4.06. The Kier molecular flexibility index (Phi) is 5.28. The van der Waals surface area contributed by atoms with Gasteiger partial charge in [-0.3, -0.25) is 10.1 Å². The van der Waals surface area contributed by atoms with E-state index >= 15 is 0 Å². The molecule has 0 aliphatic rings. The number of sulfonamides is 1. The smallest absolute Gasteiger partial charge is 0.270 e. The first kappa shape index (κ1) is 18.7. The van der Waals surface area contributed by atoms with E-state index in [0.717, 1.165) is 11.6 Å². The predicted octanol–water partition coefficient (Wildman–Crippen LogP) is 2.55. The highest BCUT2D eigenvalue weighted by atomic mass is 32.2. The molecule has 0 aliphatic heterocycles. The molecule has 10 heteroatoms. The van der Waals surface area contributed by atoms with Crippen molar-refractivity contribution in [3.63, 3.8) is 0 Å². The first-order chi connectivity index (χ1) is 12.8. The average Bonchev–Trinajstić information content (AvgIpc) is 3.08. The number of rotatable bonds is 7. The quantitative estimate of drug-likeness (QED) is 0.486. The van der Waals surface area contributed by atoms with Crippen LogP contribution in [0.1, 0.15) is 23.4 Å². The van der Waals surface area contributed by atoms with Gasteiger partial charge in [0.15, 0.2) is 0 Å². The summed E-state index contributed by atoms with van der Waals surface area (Å²) in [5, 5.41) is 18.6. The molecule has 27 heavy (non-hydrogen) atoms. The molecule has 0 amide bonds. The summed E-state index contributed by atoms with van der Waals surface area (Å²) in [5.74, 6) is 0.419.